The van der Waals surface area contributed by atoms with E-state index in [1.165, 1.54) is 0 Å². The molecule has 2 heterocycles. The summed E-state index contributed by atoms with van der Waals surface area (Å²) in [6.45, 7) is 3.95. The molecule has 1 aliphatic heterocycles. The summed E-state index contributed by atoms with van der Waals surface area (Å²) in [6, 6.07) is 13.1. The monoisotopic (exact) mass is 422 g/mol. The molecule has 1 aliphatic rings. The Kier molecular flexibility index (Phi) is 5.59. The molecule has 1 unspecified atom stereocenters. The highest BCUT2D eigenvalue weighted by Gasteiger charge is 2.21. The summed E-state index contributed by atoms with van der Waals surface area (Å²) < 4.78 is 1.76. The quantitative estimate of drug-likeness (QED) is 0.637. The van der Waals surface area contributed by atoms with Crippen molar-refractivity contribution in [3.05, 3.63) is 76.1 Å². The van der Waals surface area contributed by atoms with Crippen LogP contribution in [0.3, 0.4) is 0 Å². The molecule has 1 aromatic heterocycles. The van der Waals surface area contributed by atoms with Crippen molar-refractivity contribution in [2.45, 2.75) is 39.2 Å². The average Bonchev–Trinajstić information content (AvgIpc) is 3.17. The van der Waals surface area contributed by atoms with Crippen LogP contribution in [0.25, 0.3) is 5.69 Å². The lowest BCUT2D eigenvalue weighted by atomic mass is 9.97. The van der Waals surface area contributed by atoms with Gasteiger partial charge in [-0.15, -0.1) is 0 Å². The van der Waals surface area contributed by atoms with E-state index < -0.39 is 0 Å². The maximum absolute atomic E-state index is 13.0. The molecule has 2 amide bonds. The minimum Gasteiger partial charge on any atom is -0.345 e. The number of fused-ring (bicyclic) bond motifs is 1. The van der Waals surface area contributed by atoms with Crippen molar-refractivity contribution in [1.29, 1.82) is 0 Å². The zero-order valence-electron chi connectivity index (χ0n) is 16.9. The SMILES string of the molecule is CCc1c(C(=O)NC(C)c2ccc3c(c2)CCC(=O)N3)cnn1-c1cccc(Cl)c1. The van der Waals surface area contributed by atoms with Crippen LogP contribution in [0.2, 0.25) is 5.02 Å². The number of carbonyl (C=O) groups is 2. The normalized spacial score (nSPS) is 14.0. The molecule has 1 atom stereocenters. The third-order valence-electron chi connectivity index (χ3n) is 5.37. The smallest absolute Gasteiger partial charge is 0.255 e. The van der Waals surface area contributed by atoms with Crippen LogP contribution in [0, 0.1) is 0 Å². The minimum absolute atomic E-state index is 0.0420. The van der Waals surface area contributed by atoms with Gasteiger partial charge in [0.1, 0.15) is 0 Å². The predicted octanol–water partition coefficient (Wildman–Crippen LogP) is 4.46. The van der Waals surface area contributed by atoms with Crippen molar-refractivity contribution in [1.82, 2.24) is 15.1 Å². The maximum Gasteiger partial charge on any atom is 0.255 e. The average molecular weight is 423 g/mol. The van der Waals surface area contributed by atoms with E-state index in [0.717, 1.165) is 28.2 Å². The van der Waals surface area contributed by atoms with Gasteiger partial charge in [0.15, 0.2) is 0 Å². The molecule has 4 rings (SSSR count). The second kappa shape index (κ2) is 8.32. The number of hydrogen-bond donors (Lipinski definition) is 2. The van der Waals surface area contributed by atoms with Crippen molar-refractivity contribution < 1.29 is 9.59 Å². The summed E-state index contributed by atoms with van der Waals surface area (Å²) in [6.07, 6.45) is 3.45. The highest BCUT2D eigenvalue weighted by molar-refractivity contribution is 6.30. The molecule has 0 radical (unpaired) electrons. The van der Waals surface area contributed by atoms with Gasteiger partial charge in [0.05, 0.1) is 29.2 Å². The Hall–Kier alpha value is -3.12. The van der Waals surface area contributed by atoms with Crippen LogP contribution in [0.1, 0.15) is 53.5 Å². The van der Waals surface area contributed by atoms with Crippen molar-refractivity contribution in [3.8, 4) is 5.69 Å². The molecule has 3 aromatic rings. The van der Waals surface area contributed by atoms with Crippen molar-refractivity contribution in [2.75, 3.05) is 5.32 Å². The fraction of sp³-hybridized carbons (Fsp3) is 0.261. The summed E-state index contributed by atoms with van der Waals surface area (Å²) in [5, 5.41) is 11.0. The minimum atomic E-state index is -0.181. The van der Waals surface area contributed by atoms with E-state index >= 15 is 0 Å². The summed E-state index contributed by atoms with van der Waals surface area (Å²) >= 11 is 6.11. The first-order chi connectivity index (χ1) is 14.5. The number of amides is 2. The number of carbonyl (C=O) groups excluding carboxylic acids is 2. The lowest BCUT2D eigenvalue weighted by Gasteiger charge is -2.20. The molecule has 154 valence electrons. The van der Waals surface area contributed by atoms with Crippen molar-refractivity contribution in [3.63, 3.8) is 0 Å². The third kappa shape index (κ3) is 3.96. The van der Waals surface area contributed by atoms with Gasteiger partial charge >= 0.3 is 0 Å². The number of anilines is 1. The first-order valence-electron chi connectivity index (χ1n) is 10.0. The summed E-state index contributed by atoms with van der Waals surface area (Å²) in [7, 11) is 0. The van der Waals surface area contributed by atoms with Gasteiger partial charge in [-0.1, -0.05) is 36.7 Å². The number of nitrogens with one attached hydrogen (secondary N) is 2. The molecule has 0 fully saturated rings. The third-order valence-corrected chi connectivity index (χ3v) is 5.61. The van der Waals surface area contributed by atoms with Gasteiger partial charge in [0, 0.05) is 17.1 Å². The molecular weight excluding hydrogens is 400 g/mol. The standard InChI is InChI=1S/C23H23ClN4O2/c1-3-21-19(13-25-28(21)18-6-4-5-17(24)12-18)23(30)26-14(2)15-7-9-20-16(11-15)8-10-22(29)27-20/h4-7,9,11-14H,3,8,10H2,1-2H3,(H,26,30)(H,27,29). The molecule has 0 aliphatic carbocycles. The first kappa shape index (κ1) is 20.2. The Morgan fingerprint density at radius 3 is 2.87 bits per heavy atom. The van der Waals surface area contributed by atoms with Crippen LogP contribution in [-0.4, -0.2) is 21.6 Å². The molecule has 6 nitrogen and oxygen atoms in total. The zero-order chi connectivity index (χ0) is 21.3. The molecule has 2 N–H and O–H groups in total. The van der Waals surface area contributed by atoms with Gasteiger partial charge in [-0.3, -0.25) is 9.59 Å². The van der Waals surface area contributed by atoms with Crippen LogP contribution < -0.4 is 10.6 Å². The predicted molar refractivity (Wildman–Crippen MR) is 117 cm³/mol. The lowest BCUT2D eigenvalue weighted by Crippen LogP contribution is -2.27. The molecule has 2 aromatic carbocycles. The second-order valence-electron chi connectivity index (χ2n) is 7.41. The van der Waals surface area contributed by atoms with Gasteiger partial charge in [0.2, 0.25) is 5.91 Å². The molecule has 0 bridgehead atoms. The van der Waals surface area contributed by atoms with E-state index in [0.29, 0.717) is 29.8 Å². The molecule has 30 heavy (non-hydrogen) atoms. The molecule has 7 heteroatoms. The van der Waals surface area contributed by atoms with Gasteiger partial charge in [0.25, 0.3) is 5.91 Å². The van der Waals surface area contributed by atoms with E-state index in [2.05, 4.69) is 21.8 Å². The fourth-order valence-electron chi connectivity index (χ4n) is 3.76. The number of nitrogens with zero attached hydrogens (tertiary/aromatic N) is 2. The Morgan fingerprint density at radius 1 is 1.27 bits per heavy atom. The van der Waals surface area contributed by atoms with Crippen LogP contribution in [0.5, 0.6) is 0 Å². The van der Waals surface area contributed by atoms with Crippen molar-refractivity contribution >= 4 is 29.1 Å². The largest absolute Gasteiger partial charge is 0.345 e. The number of aryl methyl sites for hydroxylation is 1. The molecule has 0 saturated heterocycles. The summed E-state index contributed by atoms with van der Waals surface area (Å²) in [4.78, 5) is 24.6. The number of benzene rings is 2. The Balaban J connectivity index is 1.55. The highest BCUT2D eigenvalue weighted by Crippen LogP contribution is 2.26. The van der Waals surface area contributed by atoms with E-state index in [1.807, 2.05) is 44.2 Å². The van der Waals surface area contributed by atoms with Crippen LogP contribution >= 0.6 is 11.6 Å². The highest BCUT2D eigenvalue weighted by atomic mass is 35.5. The fourth-order valence-corrected chi connectivity index (χ4v) is 3.95. The second-order valence-corrected chi connectivity index (χ2v) is 7.85. The zero-order valence-corrected chi connectivity index (χ0v) is 17.7. The number of halogens is 1. The molecule has 0 spiro atoms. The first-order valence-corrected chi connectivity index (χ1v) is 10.4. The van der Waals surface area contributed by atoms with Gasteiger partial charge in [-0.25, -0.2) is 4.68 Å². The van der Waals surface area contributed by atoms with E-state index in [-0.39, 0.29) is 17.9 Å². The Bertz CT molecular complexity index is 1120. The Morgan fingerprint density at radius 2 is 2.10 bits per heavy atom. The lowest BCUT2D eigenvalue weighted by molar-refractivity contribution is -0.116. The summed E-state index contributed by atoms with van der Waals surface area (Å²) in [5.74, 6) is -0.126. The molecular formula is C23H23ClN4O2. The van der Waals surface area contributed by atoms with E-state index in [1.54, 1.807) is 16.9 Å². The van der Waals surface area contributed by atoms with Gasteiger partial charge < -0.3 is 10.6 Å². The maximum atomic E-state index is 13.0. The Labute approximate surface area is 180 Å². The van der Waals surface area contributed by atoms with Crippen LogP contribution in [-0.2, 0) is 17.6 Å². The van der Waals surface area contributed by atoms with E-state index in [4.69, 9.17) is 11.6 Å². The molecule has 0 saturated carbocycles. The topological polar surface area (TPSA) is 76.0 Å². The van der Waals surface area contributed by atoms with E-state index in [9.17, 15) is 9.59 Å². The number of hydrogen-bond acceptors (Lipinski definition) is 3. The van der Waals surface area contributed by atoms with Crippen LogP contribution in [0.15, 0.2) is 48.7 Å². The number of rotatable bonds is 5. The van der Waals surface area contributed by atoms with Crippen molar-refractivity contribution in [2.24, 2.45) is 0 Å². The summed E-state index contributed by atoms with van der Waals surface area (Å²) in [5.41, 5.74) is 5.15. The van der Waals surface area contributed by atoms with Gasteiger partial charge in [-0.05, 0) is 55.2 Å². The van der Waals surface area contributed by atoms with Gasteiger partial charge in [-0.2, -0.15) is 5.10 Å². The number of aromatic nitrogens is 2. The van der Waals surface area contributed by atoms with Crippen LogP contribution in [0.4, 0.5) is 5.69 Å².